The Balaban J connectivity index is 1.60. The van der Waals surface area contributed by atoms with Crippen LogP contribution in [0.4, 0.5) is 5.69 Å². The molecule has 0 bridgehead atoms. The topological polar surface area (TPSA) is 105 Å². The van der Waals surface area contributed by atoms with Crippen molar-refractivity contribution >= 4 is 49.4 Å². The van der Waals surface area contributed by atoms with Gasteiger partial charge in [-0.05, 0) is 30.7 Å². The fourth-order valence-corrected chi connectivity index (χ4v) is 5.22. The van der Waals surface area contributed by atoms with Gasteiger partial charge in [-0.1, -0.05) is 30.8 Å². The van der Waals surface area contributed by atoms with Gasteiger partial charge in [0.1, 0.15) is 5.04 Å². The Labute approximate surface area is 178 Å². The Kier molecular flexibility index (Phi) is 5.61. The van der Waals surface area contributed by atoms with Gasteiger partial charge in [0.05, 0.1) is 29.7 Å². The van der Waals surface area contributed by atoms with Gasteiger partial charge in [0.2, 0.25) is 5.09 Å². The Hall–Kier alpha value is -2.72. The molecule has 1 aliphatic rings. The summed E-state index contributed by atoms with van der Waals surface area (Å²) in [6.45, 7) is 2.32. The Morgan fingerprint density at radius 2 is 2.20 bits per heavy atom. The average Bonchev–Trinajstić information content (AvgIpc) is 3.46. The van der Waals surface area contributed by atoms with Crippen molar-refractivity contribution in [2.24, 2.45) is 4.99 Å². The number of thioether (sulfide) groups is 1. The second kappa shape index (κ2) is 8.19. The molecule has 10 heteroatoms. The molecule has 0 radical (unpaired) electrons. The van der Waals surface area contributed by atoms with Crippen molar-refractivity contribution in [3.8, 4) is 0 Å². The molecule has 1 aromatic carbocycles. The second-order valence-electron chi connectivity index (χ2n) is 6.76. The van der Waals surface area contributed by atoms with E-state index in [9.17, 15) is 13.2 Å². The summed E-state index contributed by atoms with van der Waals surface area (Å²) >= 11 is 1.38. The minimum absolute atomic E-state index is 0.124. The van der Waals surface area contributed by atoms with Crippen molar-refractivity contribution < 1.29 is 22.4 Å². The molecule has 2 aromatic heterocycles. The molecule has 1 atom stereocenters. The summed E-state index contributed by atoms with van der Waals surface area (Å²) < 4.78 is 37.4. The first-order valence-corrected chi connectivity index (χ1v) is 11.8. The highest BCUT2D eigenvalue weighted by molar-refractivity contribution is 8.15. The molecule has 0 saturated heterocycles. The number of H-pyrrole nitrogens is 1. The number of aromatic nitrogens is 1. The number of esters is 1. The number of para-hydroxylation sites is 1. The van der Waals surface area contributed by atoms with Crippen molar-refractivity contribution in [1.82, 2.24) is 4.98 Å². The van der Waals surface area contributed by atoms with E-state index in [0.29, 0.717) is 24.2 Å². The van der Waals surface area contributed by atoms with Crippen LogP contribution in [0.5, 0.6) is 0 Å². The summed E-state index contributed by atoms with van der Waals surface area (Å²) in [6.07, 6.45) is 2.45. The number of nitrogens with zero attached hydrogens (tertiary/aromatic N) is 2. The fraction of sp³-hybridized carbons (Fsp3) is 0.300. The molecule has 4 rings (SSSR count). The summed E-state index contributed by atoms with van der Waals surface area (Å²) in [6, 6.07) is 10.3. The van der Waals surface area contributed by atoms with Crippen LogP contribution in [-0.2, 0) is 19.6 Å². The van der Waals surface area contributed by atoms with E-state index < -0.39 is 10.0 Å². The third-order valence-corrected chi connectivity index (χ3v) is 7.40. The number of carbonyl (C=O) groups is 1. The number of sulfonamides is 1. The van der Waals surface area contributed by atoms with Crippen molar-refractivity contribution in [3.05, 3.63) is 48.4 Å². The molecule has 1 aliphatic heterocycles. The average molecular weight is 448 g/mol. The number of rotatable bonds is 7. The molecule has 1 unspecified atom stereocenters. The number of nitrogens with one attached hydrogen (secondary N) is 1. The fourth-order valence-electron chi connectivity index (χ4n) is 3.17. The maximum atomic E-state index is 12.8. The zero-order chi connectivity index (χ0) is 21.3. The number of ether oxygens (including phenoxy) is 1. The number of aromatic amines is 1. The lowest BCUT2D eigenvalue weighted by atomic mass is 10.2. The van der Waals surface area contributed by atoms with E-state index in [-0.39, 0.29) is 16.5 Å². The summed E-state index contributed by atoms with van der Waals surface area (Å²) in [5.74, 6) is -0.227. The zero-order valence-electron chi connectivity index (χ0n) is 16.5. The number of carbonyl (C=O) groups excluding carboxylic acids is 1. The molecule has 3 aromatic rings. The van der Waals surface area contributed by atoms with Gasteiger partial charge in [0, 0.05) is 18.9 Å². The summed E-state index contributed by atoms with van der Waals surface area (Å²) in [5, 5.41) is 1.45. The molecule has 0 spiro atoms. The maximum absolute atomic E-state index is 12.8. The first kappa shape index (κ1) is 20.5. The van der Waals surface area contributed by atoms with Gasteiger partial charge in [-0.2, -0.15) is 8.42 Å². The van der Waals surface area contributed by atoms with Crippen LogP contribution in [0.2, 0.25) is 0 Å². The van der Waals surface area contributed by atoms with E-state index in [1.807, 2.05) is 19.1 Å². The number of anilines is 1. The standard InChI is InChI=1S/C20H21N3O5S2/c1-3-6-16(24)28-17-12-21-20(29-17)14-11-13-7-4-8-15(19(13)22-14)23(2)30(25,26)18-9-5-10-27-18/h4-5,7-11,17,22H,3,6,12H2,1-2H3. The second-order valence-corrected chi connectivity index (χ2v) is 9.81. The largest absolute Gasteiger partial charge is 0.451 e. The van der Waals surface area contributed by atoms with Gasteiger partial charge < -0.3 is 14.1 Å². The molecular weight excluding hydrogens is 426 g/mol. The van der Waals surface area contributed by atoms with Crippen LogP contribution in [0, 0.1) is 0 Å². The minimum atomic E-state index is -3.82. The van der Waals surface area contributed by atoms with E-state index in [1.54, 1.807) is 12.1 Å². The van der Waals surface area contributed by atoms with Gasteiger partial charge in [-0.25, -0.2) is 0 Å². The van der Waals surface area contributed by atoms with E-state index in [2.05, 4.69) is 9.98 Å². The lowest BCUT2D eigenvalue weighted by Gasteiger charge is -2.18. The Bertz CT molecular complexity index is 1200. The van der Waals surface area contributed by atoms with Gasteiger partial charge in [0.25, 0.3) is 10.0 Å². The number of fused-ring (bicyclic) bond motifs is 1. The highest BCUT2D eigenvalue weighted by atomic mass is 32.2. The lowest BCUT2D eigenvalue weighted by Crippen LogP contribution is -2.26. The quantitative estimate of drug-likeness (QED) is 0.553. The normalized spacial score (nSPS) is 16.6. The van der Waals surface area contributed by atoms with E-state index in [0.717, 1.165) is 22.5 Å². The smallest absolute Gasteiger partial charge is 0.306 e. The van der Waals surface area contributed by atoms with Crippen LogP contribution in [-0.4, -0.2) is 43.4 Å². The number of hydrogen-bond acceptors (Lipinski definition) is 7. The molecule has 30 heavy (non-hydrogen) atoms. The number of hydrogen-bond donors (Lipinski definition) is 1. The Morgan fingerprint density at radius 1 is 1.37 bits per heavy atom. The lowest BCUT2D eigenvalue weighted by molar-refractivity contribution is -0.144. The van der Waals surface area contributed by atoms with E-state index in [4.69, 9.17) is 9.15 Å². The van der Waals surface area contributed by atoms with Crippen molar-refractivity contribution in [3.63, 3.8) is 0 Å². The molecule has 0 amide bonds. The van der Waals surface area contributed by atoms with Gasteiger partial charge in [-0.3, -0.25) is 14.1 Å². The predicted octanol–water partition coefficient (Wildman–Crippen LogP) is 3.75. The highest BCUT2D eigenvalue weighted by Crippen LogP contribution is 2.33. The number of benzene rings is 1. The van der Waals surface area contributed by atoms with Gasteiger partial charge >= 0.3 is 5.97 Å². The van der Waals surface area contributed by atoms with Crippen molar-refractivity contribution in [1.29, 1.82) is 0 Å². The zero-order valence-corrected chi connectivity index (χ0v) is 18.1. The number of aliphatic imine (C=N–C) groups is 1. The molecular formula is C20H21N3O5S2. The number of furan rings is 1. The van der Waals surface area contributed by atoms with Crippen LogP contribution >= 0.6 is 11.8 Å². The van der Waals surface area contributed by atoms with Crippen LogP contribution in [0.1, 0.15) is 25.5 Å². The first-order chi connectivity index (χ1) is 14.4. The summed E-state index contributed by atoms with van der Waals surface area (Å²) in [7, 11) is -2.34. The van der Waals surface area contributed by atoms with Crippen molar-refractivity contribution in [2.45, 2.75) is 30.3 Å². The summed E-state index contributed by atoms with van der Waals surface area (Å²) in [5.41, 5.74) is 1.57. The minimum Gasteiger partial charge on any atom is -0.451 e. The molecule has 158 valence electrons. The molecule has 0 saturated carbocycles. The first-order valence-electron chi connectivity index (χ1n) is 9.45. The van der Waals surface area contributed by atoms with Crippen LogP contribution in [0.25, 0.3) is 10.9 Å². The Morgan fingerprint density at radius 3 is 2.93 bits per heavy atom. The van der Waals surface area contributed by atoms with Crippen molar-refractivity contribution in [2.75, 3.05) is 17.9 Å². The van der Waals surface area contributed by atoms with Gasteiger partial charge in [0.15, 0.2) is 5.44 Å². The SMILES string of the molecule is CCCC(=O)OC1CN=C(c2cc3cccc(N(C)S(=O)(=O)c4ccco4)c3[nH]2)S1. The maximum Gasteiger partial charge on any atom is 0.306 e. The highest BCUT2D eigenvalue weighted by Gasteiger charge is 2.28. The van der Waals surface area contributed by atoms with Crippen LogP contribution < -0.4 is 4.31 Å². The molecule has 0 aliphatic carbocycles. The predicted molar refractivity (Wildman–Crippen MR) is 116 cm³/mol. The molecule has 1 N–H and O–H groups in total. The van der Waals surface area contributed by atoms with E-state index >= 15 is 0 Å². The molecule has 3 heterocycles. The van der Waals surface area contributed by atoms with Crippen LogP contribution in [0.3, 0.4) is 0 Å². The van der Waals surface area contributed by atoms with Crippen LogP contribution in [0.15, 0.2) is 57.2 Å². The molecule has 0 fully saturated rings. The monoisotopic (exact) mass is 447 g/mol. The molecule has 8 nitrogen and oxygen atoms in total. The van der Waals surface area contributed by atoms with E-state index in [1.165, 1.54) is 41.5 Å². The third kappa shape index (κ3) is 3.84. The third-order valence-electron chi connectivity index (χ3n) is 4.66. The summed E-state index contributed by atoms with van der Waals surface area (Å²) in [4.78, 5) is 19.5. The van der Waals surface area contributed by atoms with Gasteiger partial charge in [-0.15, -0.1) is 0 Å².